The third kappa shape index (κ3) is 5.20. The molecule has 20 heavy (non-hydrogen) atoms. The summed E-state index contributed by atoms with van der Waals surface area (Å²) >= 11 is 0. The van der Waals surface area contributed by atoms with Gasteiger partial charge in [0.25, 0.3) is 0 Å². The van der Waals surface area contributed by atoms with Gasteiger partial charge in [-0.1, -0.05) is 34.6 Å². The molecule has 0 radical (unpaired) electrons. The van der Waals surface area contributed by atoms with Gasteiger partial charge in [0.2, 0.25) is 0 Å². The van der Waals surface area contributed by atoms with Crippen LogP contribution in [0.2, 0.25) is 0 Å². The highest BCUT2D eigenvalue weighted by atomic mass is 14.9. The molecule has 3 heteroatoms. The van der Waals surface area contributed by atoms with Crippen molar-refractivity contribution in [1.82, 2.24) is 15.3 Å². The summed E-state index contributed by atoms with van der Waals surface area (Å²) in [6, 6.07) is 0.518. The molecule has 1 N–H and O–H groups in total. The maximum atomic E-state index is 4.72. The van der Waals surface area contributed by atoms with Crippen molar-refractivity contribution in [2.24, 2.45) is 5.92 Å². The lowest BCUT2D eigenvalue weighted by Crippen LogP contribution is -2.28. The standard InChI is InChI=1S/C17H31N3/c1-11(2)8-9-16-19-14(6)17(15(7)20-16)13(5)10-18-12(3)4/h11-13,18H,8-10H2,1-7H3. The minimum absolute atomic E-state index is 0.455. The van der Waals surface area contributed by atoms with Crippen LogP contribution in [-0.4, -0.2) is 22.6 Å². The van der Waals surface area contributed by atoms with Gasteiger partial charge in [-0.25, -0.2) is 9.97 Å². The number of aromatic nitrogens is 2. The Kier molecular flexibility index (Phi) is 6.60. The minimum Gasteiger partial charge on any atom is -0.314 e. The predicted octanol–water partition coefficient (Wildman–Crippen LogP) is 3.78. The van der Waals surface area contributed by atoms with Crippen molar-refractivity contribution >= 4 is 0 Å². The van der Waals surface area contributed by atoms with Crippen molar-refractivity contribution in [2.45, 2.75) is 73.3 Å². The zero-order chi connectivity index (χ0) is 15.3. The largest absolute Gasteiger partial charge is 0.314 e. The summed E-state index contributed by atoms with van der Waals surface area (Å²) in [5, 5.41) is 3.50. The molecular formula is C17H31N3. The first kappa shape index (κ1) is 17.1. The molecule has 0 saturated heterocycles. The molecule has 0 fully saturated rings. The van der Waals surface area contributed by atoms with Crippen molar-refractivity contribution in [1.29, 1.82) is 0 Å². The maximum absolute atomic E-state index is 4.72. The van der Waals surface area contributed by atoms with Crippen LogP contribution in [0.3, 0.4) is 0 Å². The molecule has 0 saturated carbocycles. The fourth-order valence-corrected chi connectivity index (χ4v) is 2.55. The second-order valence-corrected chi connectivity index (χ2v) is 6.62. The molecule has 1 unspecified atom stereocenters. The highest BCUT2D eigenvalue weighted by molar-refractivity contribution is 5.28. The highest BCUT2D eigenvalue weighted by Gasteiger charge is 2.15. The molecule has 1 aromatic heterocycles. The Morgan fingerprint density at radius 2 is 1.50 bits per heavy atom. The summed E-state index contributed by atoms with van der Waals surface area (Å²) in [6.07, 6.45) is 2.14. The predicted molar refractivity (Wildman–Crippen MR) is 86.2 cm³/mol. The first-order valence-corrected chi connectivity index (χ1v) is 7.88. The van der Waals surface area contributed by atoms with Crippen molar-refractivity contribution in [3.63, 3.8) is 0 Å². The van der Waals surface area contributed by atoms with Crippen LogP contribution in [0.1, 0.15) is 69.7 Å². The molecule has 0 spiro atoms. The fraction of sp³-hybridized carbons (Fsp3) is 0.765. The Balaban J connectivity index is 2.82. The molecule has 0 aliphatic rings. The lowest BCUT2D eigenvalue weighted by molar-refractivity contribution is 0.540. The van der Waals surface area contributed by atoms with Gasteiger partial charge in [-0.2, -0.15) is 0 Å². The van der Waals surface area contributed by atoms with Crippen LogP contribution in [-0.2, 0) is 6.42 Å². The summed E-state index contributed by atoms with van der Waals surface area (Å²) in [6.45, 7) is 16.3. The van der Waals surface area contributed by atoms with Gasteiger partial charge in [-0.3, -0.25) is 0 Å². The minimum atomic E-state index is 0.455. The van der Waals surface area contributed by atoms with E-state index in [-0.39, 0.29) is 0 Å². The van der Waals surface area contributed by atoms with E-state index in [2.05, 4.69) is 53.8 Å². The number of hydrogen-bond acceptors (Lipinski definition) is 3. The van der Waals surface area contributed by atoms with E-state index >= 15 is 0 Å². The molecule has 0 bridgehead atoms. The van der Waals surface area contributed by atoms with Crippen LogP contribution in [0.15, 0.2) is 0 Å². The second kappa shape index (κ2) is 7.72. The first-order valence-electron chi connectivity index (χ1n) is 7.88. The Morgan fingerprint density at radius 1 is 0.950 bits per heavy atom. The topological polar surface area (TPSA) is 37.8 Å². The molecule has 3 nitrogen and oxygen atoms in total. The van der Waals surface area contributed by atoms with Crippen LogP contribution < -0.4 is 5.32 Å². The smallest absolute Gasteiger partial charge is 0.128 e. The van der Waals surface area contributed by atoms with Crippen LogP contribution >= 0.6 is 0 Å². The van der Waals surface area contributed by atoms with E-state index < -0.39 is 0 Å². The molecule has 114 valence electrons. The number of hydrogen-bond donors (Lipinski definition) is 1. The van der Waals surface area contributed by atoms with E-state index in [0.29, 0.717) is 17.9 Å². The number of aryl methyl sites for hydroxylation is 3. The lowest BCUT2D eigenvalue weighted by Gasteiger charge is -2.19. The van der Waals surface area contributed by atoms with E-state index in [9.17, 15) is 0 Å². The monoisotopic (exact) mass is 277 g/mol. The summed E-state index contributed by atoms with van der Waals surface area (Å²) in [5.41, 5.74) is 3.61. The Hall–Kier alpha value is -0.960. The third-order valence-electron chi connectivity index (χ3n) is 3.64. The van der Waals surface area contributed by atoms with Crippen molar-refractivity contribution in [3.8, 4) is 0 Å². The average Bonchev–Trinajstić information content (AvgIpc) is 2.33. The highest BCUT2D eigenvalue weighted by Crippen LogP contribution is 2.21. The van der Waals surface area contributed by atoms with E-state index in [1.54, 1.807) is 0 Å². The van der Waals surface area contributed by atoms with E-state index in [1.807, 2.05) is 0 Å². The van der Waals surface area contributed by atoms with Gasteiger partial charge >= 0.3 is 0 Å². The quantitative estimate of drug-likeness (QED) is 0.824. The van der Waals surface area contributed by atoms with Gasteiger partial charge in [-0.05, 0) is 37.7 Å². The summed E-state index contributed by atoms with van der Waals surface area (Å²) in [4.78, 5) is 9.43. The number of rotatable bonds is 7. The van der Waals surface area contributed by atoms with Crippen LogP contribution in [0.25, 0.3) is 0 Å². The molecule has 0 aromatic carbocycles. The molecule has 1 rings (SSSR count). The van der Waals surface area contributed by atoms with Gasteiger partial charge in [0.1, 0.15) is 5.82 Å². The van der Waals surface area contributed by atoms with E-state index in [4.69, 9.17) is 9.97 Å². The molecule has 0 amide bonds. The average molecular weight is 277 g/mol. The third-order valence-corrected chi connectivity index (χ3v) is 3.64. The Labute approximate surface area is 124 Å². The molecule has 1 aromatic rings. The van der Waals surface area contributed by atoms with Crippen molar-refractivity contribution in [2.75, 3.05) is 6.54 Å². The lowest BCUT2D eigenvalue weighted by atomic mass is 9.97. The van der Waals surface area contributed by atoms with Crippen molar-refractivity contribution < 1.29 is 0 Å². The van der Waals surface area contributed by atoms with Gasteiger partial charge in [0.05, 0.1) is 0 Å². The SMILES string of the molecule is Cc1nc(CCC(C)C)nc(C)c1C(C)CNC(C)C. The molecule has 1 heterocycles. The molecule has 1 atom stereocenters. The van der Waals surface area contributed by atoms with Gasteiger partial charge < -0.3 is 5.32 Å². The Bertz CT molecular complexity index is 401. The number of nitrogens with one attached hydrogen (secondary N) is 1. The first-order chi connectivity index (χ1) is 9.31. The van der Waals surface area contributed by atoms with Crippen LogP contribution in [0.5, 0.6) is 0 Å². The van der Waals surface area contributed by atoms with Crippen LogP contribution in [0.4, 0.5) is 0 Å². The fourth-order valence-electron chi connectivity index (χ4n) is 2.55. The summed E-state index contributed by atoms with van der Waals surface area (Å²) in [5.74, 6) is 2.16. The van der Waals surface area contributed by atoms with E-state index in [0.717, 1.165) is 36.6 Å². The normalized spacial score (nSPS) is 13.2. The van der Waals surface area contributed by atoms with Gasteiger partial charge in [0, 0.05) is 30.4 Å². The molecule has 0 aliphatic heterocycles. The van der Waals surface area contributed by atoms with Crippen LogP contribution in [0, 0.1) is 19.8 Å². The van der Waals surface area contributed by atoms with Crippen molar-refractivity contribution in [3.05, 3.63) is 22.8 Å². The Morgan fingerprint density at radius 3 is 1.95 bits per heavy atom. The van der Waals surface area contributed by atoms with Gasteiger partial charge in [0.15, 0.2) is 0 Å². The van der Waals surface area contributed by atoms with E-state index in [1.165, 1.54) is 5.56 Å². The second-order valence-electron chi connectivity index (χ2n) is 6.62. The molecule has 0 aliphatic carbocycles. The zero-order valence-electron chi connectivity index (χ0n) is 14.2. The zero-order valence-corrected chi connectivity index (χ0v) is 14.2. The molecular weight excluding hydrogens is 246 g/mol. The maximum Gasteiger partial charge on any atom is 0.128 e. The van der Waals surface area contributed by atoms with Gasteiger partial charge in [-0.15, -0.1) is 0 Å². The summed E-state index contributed by atoms with van der Waals surface area (Å²) < 4.78 is 0. The number of nitrogens with zero attached hydrogens (tertiary/aromatic N) is 2. The summed E-state index contributed by atoms with van der Waals surface area (Å²) in [7, 11) is 0.